The monoisotopic (exact) mass is 335 g/mol. The Labute approximate surface area is 113 Å². The molecule has 3 aliphatic rings. The van der Waals surface area contributed by atoms with E-state index in [1.54, 1.807) is 0 Å². The third-order valence-electron chi connectivity index (χ3n) is 4.61. The van der Waals surface area contributed by atoms with Crippen LogP contribution in [0.1, 0.15) is 20.3 Å². The van der Waals surface area contributed by atoms with E-state index >= 15 is 0 Å². The van der Waals surface area contributed by atoms with E-state index in [1.165, 1.54) is 45.7 Å². The summed E-state index contributed by atoms with van der Waals surface area (Å²) >= 11 is 2.43. The zero-order valence-corrected chi connectivity index (χ0v) is 12.5. The highest BCUT2D eigenvalue weighted by molar-refractivity contribution is 14.1. The van der Waals surface area contributed by atoms with Crippen molar-refractivity contribution in [3.05, 3.63) is 0 Å². The first-order valence-corrected chi connectivity index (χ1v) is 7.43. The van der Waals surface area contributed by atoms with Gasteiger partial charge in [-0.3, -0.25) is 4.90 Å². The van der Waals surface area contributed by atoms with Gasteiger partial charge in [0.05, 0.1) is 0 Å². The summed E-state index contributed by atoms with van der Waals surface area (Å²) in [7, 11) is 0. The lowest BCUT2D eigenvalue weighted by molar-refractivity contribution is -0.0528. The van der Waals surface area contributed by atoms with Gasteiger partial charge in [0.1, 0.15) is 0 Å². The number of hydrogen-bond acceptors (Lipinski definition) is 3. The van der Waals surface area contributed by atoms with Gasteiger partial charge < -0.3 is 4.90 Å². The molecule has 0 radical (unpaired) electrons. The number of nitrogens with zero attached hydrogens (tertiary/aromatic N) is 3. The molecule has 0 aromatic heterocycles. The molecule has 0 amide bonds. The molecule has 1 spiro atoms. The highest BCUT2D eigenvalue weighted by atomic mass is 127. The maximum absolute atomic E-state index is 2.71. The quantitative estimate of drug-likeness (QED) is 0.559. The van der Waals surface area contributed by atoms with Crippen LogP contribution in [0.25, 0.3) is 0 Å². The van der Waals surface area contributed by atoms with Gasteiger partial charge in [-0.2, -0.15) is 0 Å². The van der Waals surface area contributed by atoms with Crippen LogP contribution in [0.15, 0.2) is 0 Å². The van der Waals surface area contributed by atoms with Gasteiger partial charge in [0.2, 0.25) is 0 Å². The highest BCUT2D eigenvalue weighted by Gasteiger charge is 2.51. The van der Waals surface area contributed by atoms with Gasteiger partial charge in [-0.15, -0.1) is 0 Å². The minimum atomic E-state index is 0.677. The molecule has 0 saturated carbocycles. The highest BCUT2D eigenvalue weighted by Crippen LogP contribution is 2.42. The van der Waals surface area contributed by atoms with Gasteiger partial charge in [-0.05, 0) is 26.8 Å². The molecule has 3 nitrogen and oxygen atoms in total. The molecule has 3 saturated heterocycles. The zero-order valence-electron chi connectivity index (χ0n) is 10.3. The van der Waals surface area contributed by atoms with Crippen molar-refractivity contribution in [1.29, 1.82) is 0 Å². The SMILES string of the molecule is CC(C)N1CCC2(C1)CN(C1CN(I)C1)C2. The second kappa shape index (κ2) is 4.07. The van der Waals surface area contributed by atoms with Gasteiger partial charge in [0.15, 0.2) is 0 Å². The summed E-state index contributed by atoms with van der Waals surface area (Å²) in [6, 6.07) is 1.61. The summed E-state index contributed by atoms with van der Waals surface area (Å²) < 4.78 is 2.39. The summed E-state index contributed by atoms with van der Waals surface area (Å²) in [5, 5.41) is 0. The standard InChI is InChI=1S/C12H22IN3/c1-10(2)14-4-3-12(7-14)8-15(9-12)11-5-16(13)6-11/h10-11H,3-9H2,1-2H3. The Hall–Kier alpha value is 0.610. The van der Waals surface area contributed by atoms with Crippen LogP contribution in [0.5, 0.6) is 0 Å². The van der Waals surface area contributed by atoms with Crippen LogP contribution >= 0.6 is 22.9 Å². The molecule has 0 unspecified atom stereocenters. The lowest BCUT2D eigenvalue weighted by Crippen LogP contribution is -2.67. The molecule has 3 aliphatic heterocycles. The van der Waals surface area contributed by atoms with Crippen molar-refractivity contribution in [2.45, 2.75) is 32.4 Å². The Bertz CT molecular complexity index is 269. The average molecular weight is 335 g/mol. The van der Waals surface area contributed by atoms with E-state index in [-0.39, 0.29) is 0 Å². The second-order valence-corrected chi connectivity index (χ2v) is 7.57. The molecule has 0 atom stereocenters. The number of hydrogen-bond donors (Lipinski definition) is 0. The Morgan fingerprint density at radius 3 is 2.38 bits per heavy atom. The topological polar surface area (TPSA) is 9.72 Å². The van der Waals surface area contributed by atoms with E-state index in [1.807, 2.05) is 0 Å². The smallest absolute Gasteiger partial charge is 0.0367 e. The van der Waals surface area contributed by atoms with Crippen molar-refractivity contribution >= 4 is 22.9 Å². The molecular formula is C12H22IN3. The first-order valence-electron chi connectivity index (χ1n) is 6.47. The van der Waals surface area contributed by atoms with Crippen molar-refractivity contribution in [2.75, 3.05) is 39.3 Å². The van der Waals surface area contributed by atoms with E-state index in [9.17, 15) is 0 Å². The fourth-order valence-electron chi connectivity index (χ4n) is 3.38. The first-order chi connectivity index (χ1) is 7.58. The van der Waals surface area contributed by atoms with Crippen LogP contribution in [0.4, 0.5) is 0 Å². The maximum Gasteiger partial charge on any atom is 0.0367 e. The largest absolute Gasteiger partial charge is 0.300 e. The Morgan fingerprint density at radius 2 is 1.88 bits per heavy atom. The van der Waals surface area contributed by atoms with E-state index < -0.39 is 0 Å². The van der Waals surface area contributed by atoms with Gasteiger partial charge in [-0.25, -0.2) is 3.11 Å². The normalized spacial score (nSPS) is 32.2. The average Bonchev–Trinajstić information content (AvgIpc) is 2.55. The summed E-state index contributed by atoms with van der Waals surface area (Å²) in [5.74, 6) is 0. The van der Waals surface area contributed by atoms with E-state index in [4.69, 9.17) is 0 Å². The van der Waals surface area contributed by atoms with Gasteiger partial charge in [0, 0.05) is 73.1 Å². The van der Waals surface area contributed by atoms with Crippen LogP contribution in [0.3, 0.4) is 0 Å². The Balaban J connectivity index is 1.49. The van der Waals surface area contributed by atoms with E-state index in [2.05, 4.69) is 49.6 Å². The van der Waals surface area contributed by atoms with Crippen molar-refractivity contribution < 1.29 is 0 Å². The molecule has 0 bridgehead atoms. The molecular weight excluding hydrogens is 313 g/mol. The van der Waals surface area contributed by atoms with E-state index in [0.717, 1.165) is 12.1 Å². The van der Waals surface area contributed by atoms with Crippen molar-refractivity contribution in [3.8, 4) is 0 Å². The molecule has 92 valence electrons. The van der Waals surface area contributed by atoms with Gasteiger partial charge in [-0.1, -0.05) is 0 Å². The fraction of sp³-hybridized carbons (Fsp3) is 1.00. The van der Waals surface area contributed by atoms with Crippen LogP contribution < -0.4 is 0 Å². The summed E-state index contributed by atoms with van der Waals surface area (Å²) in [6.45, 7) is 12.6. The maximum atomic E-state index is 2.71. The predicted octanol–water partition coefficient (Wildman–Crippen LogP) is 1.44. The van der Waals surface area contributed by atoms with Crippen molar-refractivity contribution in [1.82, 2.24) is 12.9 Å². The minimum absolute atomic E-state index is 0.677. The number of rotatable bonds is 2. The summed E-state index contributed by atoms with van der Waals surface area (Å²) in [5.41, 5.74) is 0.677. The van der Waals surface area contributed by atoms with Crippen LogP contribution in [0.2, 0.25) is 0 Å². The van der Waals surface area contributed by atoms with Crippen LogP contribution in [0, 0.1) is 5.41 Å². The predicted molar refractivity (Wildman–Crippen MR) is 74.7 cm³/mol. The third kappa shape index (κ3) is 1.91. The number of likely N-dealkylation sites (tertiary alicyclic amines) is 2. The van der Waals surface area contributed by atoms with Crippen LogP contribution in [-0.2, 0) is 0 Å². The van der Waals surface area contributed by atoms with Gasteiger partial charge >= 0.3 is 0 Å². The molecule has 4 heteroatoms. The first kappa shape index (κ1) is 11.7. The van der Waals surface area contributed by atoms with Gasteiger partial charge in [0.25, 0.3) is 0 Å². The summed E-state index contributed by atoms with van der Waals surface area (Å²) in [6.07, 6.45) is 1.43. The molecule has 0 aromatic rings. The molecule has 3 fully saturated rings. The lowest BCUT2D eigenvalue weighted by atomic mass is 9.77. The molecule has 3 rings (SSSR count). The van der Waals surface area contributed by atoms with E-state index in [0.29, 0.717) is 5.41 Å². The Morgan fingerprint density at radius 1 is 1.19 bits per heavy atom. The third-order valence-corrected chi connectivity index (χ3v) is 5.40. The Kier molecular flexibility index (Phi) is 2.97. The van der Waals surface area contributed by atoms with Crippen LogP contribution in [-0.4, -0.2) is 64.3 Å². The van der Waals surface area contributed by atoms with Crippen molar-refractivity contribution in [3.63, 3.8) is 0 Å². The molecule has 0 aliphatic carbocycles. The molecule has 0 N–H and O–H groups in total. The molecule has 16 heavy (non-hydrogen) atoms. The molecule has 3 heterocycles. The number of halogens is 1. The van der Waals surface area contributed by atoms with Crippen molar-refractivity contribution in [2.24, 2.45) is 5.41 Å². The summed E-state index contributed by atoms with van der Waals surface area (Å²) in [4.78, 5) is 5.36. The minimum Gasteiger partial charge on any atom is -0.300 e. The second-order valence-electron chi connectivity index (χ2n) is 6.20. The lowest BCUT2D eigenvalue weighted by Gasteiger charge is -2.55. The molecule has 0 aromatic carbocycles. The fourth-order valence-corrected chi connectivity index (χ4v) is 4.29. The zero-order chi connectivity index (χ0) is 11.3.